The Labute approximate surface area is 119 Å². The summed E-state index contributed by atoms with van der Waals surface area (Å²) in [5.41, 5.74) is 0. The van der Waals surface area contributed by atoms with Crippen molar-refractivity contribution in [1.82, 2.24) is 4.31 Å². The summed E-state index contributed by atoms with van der Waals surface area (Å²) in [7, 11) is -2.88. The molecular weight excluding hydrogens is 341 g/mol. The maximum absolute atomic E-state index is 13.4. The third-order valence-electron chi connectivity index (χ3n) is 2.68. The van der Waals surface area contributed by atoms with E-state index in [2.05, 4.69) is 15.9 Å². The molecule has 1 rings (SSSR count). The molecule has 0 radical (unpaired) electrons. The van der Waals surface area contributed by atoms with Crippen LogP contribution >= 0.6 is 15.9 Å². The standard InChI is InChI=1S/C11H13BrFNO4S/c1-3-10(11(15)16)14(2)19(17,18)7-4-5-8(12)9(13)6-7/h4-6,10H,3H2,1-2H3,(H,15,16). The molecule has 0 aromatic heterocycles. The molecule has 1 aromatic carbocycles. The van der Waals surface area contributed by atoms with E-state index in [9.17, 15) is 17.6 Å². The van der Waals surface area contributed by atoms with Gasteiger partial charge in [0.25, 0.3) is 0 Å². The number of hydrogen-bond acceptors (Lipinski definition) is 3. The van der Waals surface area contributed by atoms with E-state index in [1.54, 1.807) is 6.92 Å². The van der Waals surface area contributed by atoms with E-state index in [1.165, 1.54) is 12.1 Å². The third kappa shape index (κ3) is 3.31. The number of carboxylic acid groups (broad SMARTS) is 1. The van der Waals surface area contributed by atoms with Crippen LogP contribution in [-0.4, -0.2) is 36.9 Å². The lowest BCUT2D eigenvalue weighted by molar-refractivity contribution is -0.141. The lowest BCUT2D eigenvalue weighted by Gasteiger charge is -2.23. The third-order valence-corrected chi connectivity index (χ3v) is 5.18. The Morgan fingerprint density at radius 2 is 2.11 bits per heavy atom. The summed E-state index contributed by atoms with van der Waals surface area (Å²) in [5, 5.41) is 8.96. The van der Waals surface area contributed by atoms with Gasteiger partial charge in [-0.25, -0.2) is 12.8 Å². The average Bonchev–Trinajstić information content (AvgIpc) is 2.32. The van der Waals surface area contributed by atoms with E-state index in [0.717, 1.165) is 17.4 Å². The summed E-state index contributed by atoms with van der Waals surface area (Å²) < 4.78 is 38.6. The minimum Gasteiger partial charge on any atom is -0.480 e. The number of halogens is 2. The Morgan fingerprint density at radius 3 is 2.53 bits per heavy atom. The van der Waals surface area contributed by atoms with Crippen LogP contribution in [0.4, 0.5) is 4.39 Å². The number of likely N-dealkylation sites (N-methyl/N-ethyl adjacent to an activating group) is 1. The zero-order chi connectivity index (χ0) is 14.8. The average molecular weight is 354 g/mol. The molecule has 0 aliphatic heterocycles. The van der Waals surface area contributed by atoms with Crippen molar-refractivity contribution in [3.8, 4) is 0 Å². The van der Waals surface area contributed by atoms with Crippen molar-refractivity contribution in [2.45, 2.75) is 24.3 Å². The molecule has 8 heteroatoms. The summed E-state index contributed by atoms with van der Waals surface area (Å²) in [5.74, 6) is -1.97. The lowest BCUT2D eigenvalue weighted by Crippen LogP contribution is -2.41. The first-order valence-electron chi connectivity index (χ1n) is 5.37. The van der Waals surface area contributed by atoms with Crippen molar-refractivity contribution in [2.24, 2.45) is 0 Å². The Hall–Kier alpha value is -0.990. The second kappa shape index (κ2) is 5.98. The molecule has 19 heavy (non-hydrogen) atoms. The number of carbonyl (C=O) groups is 1. The Kier molecular flexibility index (Phi) is 5.05. The molecule has 106 valence electrons. The molecule has 0 heterocycles. The molecule has 0 amide bonds. The number of hydrogen-bond donors (Lipinski definition) is 1. The van der Waals surface area contributed by atoms with Gasteiger partial charge in [-0.05, 0) is 40.5 Å². The summed E-state index contributed by atoms with van der Waals surface area (Å²) in [6.45, 7) is 1.56. The smallest absolute Gasteiger partial charge is 0.321 e. The van der Waals surface area contributed by atoms with Crippen molar-refractivity contribution < 1.29 is 22.7 Å². The summed E-state index contributed by atoms with van der Waals surface area (Å²) in [4.78, 5) is 10.7. The zero-order valence-corrected chi connectivity index (χ0v) is 12.7. The second-order valence-corrected chi connectivity index (χ2v) is 6.71. The maximum atomic E-state index is 13.4. The van der Waals surface area contributed by atoms with Crippen LogP contribution in [0.1, 0.15) is 13.3 Å². The molecule has 1 aromatic rings. The van der Waals surface area contributed by atoms with Gasteiger partial charge in [0, 0.05) is 7.05 Å². The molecule has 0 saturated heterocycles. The van der Waals surface area contributed by atoms with Gasteiger partial charge in [0.15, 0.2) is 0 Å². The van der Waals surface area contributed by atoms with Crippen molar-refractivity contribution >= 4 is 31.9 Å². The molecule has 0 spiro atoms. The van der Waals surface area contributed by atoms with E-state index >= 15 is 0 Å². The highest BCUT2D eigenvalue weighted by Crippen LogP contribution is 2.23. The molecule has 1 N–H and O–H groups in total. The van der Waals surface area contributed by atoms with Crippen LogP contribution in [0.25, 0.3) is 0 Å². The minimum absolute atomic E-state index is 0.115. The SMILES string of the molecule is CCC(C(=O)O)N(C)S(=O)(=O)c1ccc(Br)c(F)c1. The number of benzene rings is 1. The second-order valence-electron chi connectivity index (χ2n) is 3.86. The van der Waals surface area contributed by atoms with Crippen LogP contribution < -0.4 is 0 Å². The monoisotopic (exact) mass is 353 g/mol. The first-order chi connectivity index (χ1) is 8.71. The largest absolute Gasteiger partial charge is 0.480 e. The van der Waals surface area contributed by atoms with Crippen molar-refractivity contribution in [2.75, 3.05) is 7.05 Å². The van der Waals surface area contributed by atoms with Gasteiger partial charge in [-0.1, -0.05) is 6.92 Å². The summed E-state index contributed by atoms with van der Waals surface area (Å²) in [6.07, 6.45) is 0.115. The topological polar surface area (TPSA) is 74.7 Å². The van der Waals surface area contributed by atoms with E-state index < -0.39 is 27.9 Å². The van der Waals surface area contributed by atoms with Crippen molar-refractivity contribution in [3.05, 3.63) is 28.5 Å². The fourth-order valence-electron chi connectivity index (χ4n) is 1.56. The lowest BCUT2D eigenvalue weighted by atomic mass is 10.2. The van der Waals surface area contributed by atoms with E-state index in [4.69, 9.17) is 5.11 Å². The normalized spacial score (nSPS) is 13.5. The van der Waals surface area contributed by atoms with Gasteiger partial charge in [-0.2, -0.15) is 4.31 Å². The molecule has 0 aliphatic carbocycles. The molecule has 5 nitrogen and oxygen atoms in total. The van der Waals surface area contributed by atoms with Crippen LogP contribution in [0, 0.1) is 5.82 Å². The van der Waals surface area contributed by atoms with Gasteiger partial charge in [-0.15, -0.1) is 0 Å². The van der Waals surface area contributed by atoms with E-state index in [0.29, 0.717) is 0 Å². The molecule has 1 atom stereocenters. The first-order valence-corrected chi connectivity index (χ1v) is 7.61. The van der Waals surface area contributed by atoms with Crippen LogP contribution in [-0.2, 0) is 14.8 Å². The Balaban J connectivity index is 3.23. The van der Waals surface area contributed by atoms with Crippen molar-refractivity contribution in [3.63, 3.8) is 0 Å². The van der Waals surface area contributed by atoms with Crippen LogP contribution in [0.5, 0.6) is 0 Å². The maximum Gasteiger partial charge on any atom is 0.321 e. The molecular formula is C11H13BrFNO4S. The van der Waals surface area contributed by atoms with Crippen LogP contribution in [0.2, 0.25) is 0 Å². The number of carboxylic acids is 1. The Bertz CT molecular complexity index is 590. The van der Waals surface area contributed by atoms with Gasteiger partial charge < -0.3 is 5.11 Å². The summed E-state index contributed by atoms with van der Waals surface area (Å²) in [6, 6.07) is 2.15. The van der Waals surface area contributed by atoms with Crippen LogP contribution in [0.15, 0.2) is 27.6 Å². The van der Waals surface area contributed by atoms with Gasteiger partial charge in [-0.3, -0.25) is 4.79 Å². The van der Waals surface area contributed by atoms with Crippen LogP contribution in [0.3, 0.4) is 0 Å². The molecule has 1 unspecified atom stereocenters. The minimum atomic E-state index is -4.04. The predicted molar refractivity (Wildman–Crippen MR) is 70.8 cm³/mol. The highest BCUT2D eigenvalue weighted by atomic mass is 79.9. The molecule has 0 saturated carbocycles. The molecule has 0 aliphatic rings. The number of aliphatic carboxylic acids is 1. The number of nitrogens with zero attached hydrogens (tertiary/aromatic N) is 1. The van der Waals surface area contributed by atoms with E-state index in [1.807, 2.05) is 0 Å². The Morgan fingerprint density at radius 1 is 1.53 bits per heavy atom. The van der Waals surface area contributed by atoms with Gasteiger partial charge in [0.1, 0.15) is 11.9 Å². The fourth-order valence-corrected chi connectivity index (χ4v) is 3.20. The number of sulfonamides is 1. The van der Waals surface area contributed by atoms with E-state index in [-0.39, 0.29) is 15.8 Å². The highest BCUT2D eigenvalue weighted by Gasteiger charge is 2.31. The van der Waals surface area contributed by atoms with Gasteiger partial charge in [0.2, 0.25) is 10.0 Å². The first kappa shape index (κ1) is 16.1. The van der Waals surface area contributed by atoms with Crippen molar-refractivity contribution in [1.29, 1.82) is 0 Å². The van der Waals surface area contributed by atoms with Gasteiger partial charge >= 0.3 is 5.97 Å². The highest BCUT2D eigenvalue weighted by molar-refractivity contribution is 9.10. The fraction of sp³-hybridized carbons (Fsp3) is 0.364. The molecule has 0 fully saturated rings. The predicted octanol–water partition coefficient (Wildman–Crippen LogP) is 2.07. The zero-order valence-electron chi connectivity index (χ0n) is 10.3. The van der Waals surface area contributed by atoms with Gasteiger partial charge in [0.05, 0.1) is 9.37 Å². The molecule has 0 bridgehead atoms. The quantitative estimate of drug-likeness (QED) is 0.879. The summed E-state index contributed by atoms with van der Waals surface area (Å²) >= 11 is 2.92. The number of rotatable bonds is 5.